The van der Waals surface area contributed by atoms with Gasteiger partial charge in [-0.05, 0) is 49.9 Å². The Morgan fingerprint density at radius 3 is 2.56 bits per heavy atom. The highest BCUT2D eigenvalue weighted by Crippen LogP contribution is 2.28. The van der Waals surface area contributed by atoms with Crippen LogP contribution in [0.15, 0.2) is 24.3 Å². The van der Waals surface area contributed by atoms with Gasteiger partial charge in [0.05, 0.1) is 0 Å². The van der Waals surface area contributed by atoms with Gasteiger partial charge in [-0.25, -0.2) is 0 Å². The molecule has 3 unspecified atom stereocenters. The number of nitrogens with zero attached hydrogens (tertiary/aromatic N) is 3. The number of anilines is 1. The van der Waals surface area contributed by atoms with Crippen molar-refractivity contribution in [3.8, 4) is 0 Å². The molecule has 2 saturated heterocycles. The van der Waals surface area contributed by atoms with E-state index in [1.165, 1.54) is 37.2 Å². The average molecular weight is 345 g/mol. The molecule has 140 valence electrons. The van der Waals surface area contributed by atoms with E-state index < -0.39 is 0 Å². The second kappa shape index (κ2) is 8.52. The smallest absolute Gasteiger partial charge is 0.0479 e. The van der Waals surface area contributed by atoms with Gasteiger partial charge in [0.1, 0.15) is 0 Å². The molecule has 4 heteroatoms. The first kappa shape index (κ1) is 18.7. The molecule has 0 bridgehead atoms. The van der Waals surface area contributed by atoms with Crippen LogP contribution in [-0.4, -0.2) is 69.2 Å². The molecule has 3 atom stereocenters. The van der Waals surface area contributed by atoms with Crippen LogP contribution in [0, 0.1) is 5.92 Å². The van der Waals surface area contributed by atoms with Crippen LogP contribution in [0.5, 0.6) is 0 Å². The molecule has 0 spiro atoms. The van der Waals surface area contributed by atoms with Crippen LogP contribution in [0.1, 0.15) is 38.3 Å². The Balaban J connectivity index is 1.80. The summed E-state index contributed by atoms with van der Waals surface area (Å²) in [5.74, 6) is 0.839. The highest BCUT2D eigenvalue weighted by molar-refractivity contribution is 5.46. The molecular formula is C21H36N4. The fraction of sp³-hybridized carbons (Fsp3) is 0.714. The number of hydrogen-bond donors (Lipinski definition) is 1. The van der Waals surface area contributed by atoms with Gasteiger partial charge in [0, 0.05) is 64.6 Å². The second-order valence-electron chi connectivity index (χ2n) is 8.30. The molecule has 1 aromatic rings. The van der Waals surface area contributed by atoms with Crippen molar-refractivity contribution < 1.29 is 0 Å². The van der Waals surface area contributed by atoms with Gasteiger partial charge in [-0.15, -0.1) is 0 Å². The standard InChI is InChI=1S/C21H36N4/c1-17-6-5-12-24(15-17)16-21(25-13-11-22-14-18(25)2)19-7-9-20(10-8-19)23(3)4/h7-10,17-18,21-22H,5-6,11-16H2,1-4H3. The van der Waals surface area contributed by atoms with E-state index in [-0.39, 0.29) is 0 Å². The first-order valence-electron chi connectivity index (χ1n) is 10.0. The molecule has 2 fully saturated rings. The van der Waals surface area contributed by atoms with Crippen LogP contribution < -0.4 is 10.2 Å². The number of likely N-dealkylation sites (tertiary alicyclic amines) is 1. The number of piperazine rings is 1. The van der Waals surface area contributed by atoms with Crippen LogP contribution in [0.2, 0.25) is 0 Å². The summed E-state index contributed by atoms with van der Waals surface area (Å²) < 4.78 is 0. The number of piperidine rings is 1. The van der Waals surface area contributed by atoms with Crippen molar-refractivity contribution in [2.45, 2.75) is 38.8 Å². The third kappa shape index (κ3) is 4.75. The predicted octanol–water partition coefficient (Wildman–Crippen LogP) is 2.82. The molecule has 0 aromatic heterocycles. The summed E-state index contributed by atoms with van der Waals surface area (Å²) in [7, 11) is 4.22. The molecule has 3 rings (SSSR count). The Bertz CT molecular complexity index is 527. The molecule has 0 aliphatic carbocycles. The maximum absolute atomic E-state index is 3.54. The van der Waals surface area contributed by atoms with Gasteiger partial charge >= 0.3 is 0 Å². The van der Waals surface area contributed by atoms with Crippen LogP contribution in [0.25, 0.3) is 0 Å². The van der Waals surface area contributed by atoms with E-state index in [1.54, 1.807) is 0 Å². The largest absolute Gasteiger partial charge is 0.378 e. The minimum Gasteiger partial charge on any atom is -0.378 e. The molecule has 2 heterocycles. The van der Waals surface area contributed by atoms with E-state index in [0.29, 0.717) is 12.1 Å². The molecule has 1 N–H and O–H groups in total. The zero-order valence-electron chi connectivity index (χ0n) is 16.5. The lowest BCUT2D eigenvalue weighted by Crippen LogP contribution is -2.53. The number of hydrogen-bond acceptors (Lipinski definition) is 4. The van der Waals surface area contributed by atoms with Crippen molar-refractivity contribution in [3.63, 3.8) is 0 Å². The molecule has 0 saturated carbocycles. The SMILES string of the molecule is CC1CCCN(CC(c2ccc(N(C)C)cc2)N2CCNCC2C)C1. The lowest BCUT2D eigenvalue weighted by atomic mass is 9.97. The van der Waals surface area contributed by atoms with Crippen LogP contribution in [-0.2, 0) is 0 Å². The number of benzene rings is 1. The number of rotatable bonds is 5. The summed E-state index contributed by atoms with van der Waals surface area (Å²) >= 11 is 0. The second-order valence-corrected chi connectivity index (χ2v) is 8.30. The number of nitrogens with one attached hydrogen (secondary N) is 1. The Labute approximate surface area is 154 Å². The summed E-state index contributed by atoms with van der Waals surface area (Å²) in [6.45, 7) is 11.8. The topological polar surface area (TPSA) is 21.8 Å². The van der Waals surface area contributed by atoms with Crippen molar-refractivity contribution >= 4 is 5.69 Å². The zero-order valence-corrected chi connectivity index (χ0v) is 16.5. The fourth-order valence-corrected chi connectivity index (χ4v) is 4.41. The maximum Gasteiger partial charge on any atom is 0.0479 e. The summed E-state index contributed by atoms with van der Waals surface area (Å²) in [5.41, 5.74) is 2.75. The lowest BCUT2D eigenvalue weighted by Gasteiger charge is -2.43. The van der Waals surface area contributed by atoms with E-state index in [0.717, 1.165) is 32.1 Å². The fourth-order valence-electron chi connectivity index (χ4n) is 4.41. The highest BCUT2D eigenvalue weighted by atomic mass is 15.3. The minimum atomic E-state index is 0.499. The van der Waals surface area contributed by atoms with Gasteiger partial charge in [0.15, 0.2) is 0 Å². The van der Waals surface area contributed by atoms with Gasteiger partial charge < -0.3 is 15.1 Å². The Kier molecular flexibility index (Phi) is 6.37. The van der Waals surface area contributed by atoms with Crippen LogP contribution in [0.4, 0.5) is 5.69 Å². The van der Waals surface area contributed by atoms with Gasteiger partial charge in [0.2, 0.25) is 0 Å². The molecule has 25 heavy (non-hydrogen) atoms. The normalized spacial score (nSPS) is 27.2. The Morgan fingerprint density at radius 2 is 1.92 bits per heavy atom. The first-order valence-corrected chi connectivity index (χ1v) is 10.0. The van der Waals surface area contributed by atoms with E-state index in [2.05, 4.69) is 72.2 Å². The van der Waals surface area contributed by atoms with Gasteiger partial charge in [-0.1, -0.05) is 19.1 Å². The molecule has 4 nitrogen and oxygen atoms in total. The minimum absolute atomic E-state index is 0.499. The van der Waals surface area contributed by atoms with Crippen molar-refractivity contribution in [1.82, 2.24) is 15.1 Å². The summed E-state index contributed by atoms with van der Waals surface area (Å²) in [4.78, 5) is 7.60. The molecule has 2 aliphatic heterocycles. The van der Waals surface area contributed by atoms with E-state index >= 15 is 0 Å². The Hall–Kier alpha value is -1.10. The quantitative estimate of drug-likeness (QED) is 0.886. The lowest BCUT2D eigenvalue weighted by molar-refractivity contribution is 0.0700. The van der Waals surface area contributed by atoms with Gasteiger partial charge in [-0.3, -0.25) is 4.90 Å². The van der Waals surface area contributed by atoms with E-state index in [4.69, 9.17) is 0 Å². The summed E-state index contributed by atoms with van der Waals surface area (Å²) in [5, 5.41) is 3.54. The third-order valence-corrected chi connectivity index (χ3v) is 5.92. The van der Waals surface area contributed by atoms with Crippen molar-refractivity contribution in [2.75, 3.05) is 58.3 Å². The van der Waals surface area contributed by atoms with E-state index in [9.17, 15) is 0 Å². The Morgan fingerprint density at radius 1 is 1.16 bits per heavy atom. The van der Waals surface area contributed by atoms with Gasteiger partial charge in [0.25, 0.3) is 0 Å². The zero-order chi connectivity index (χ0) is 17.8. The van der Waals surface area contributed by atoms with E-state index in [1.807, 2.05) is 0 Å². The van der Waals surface area contributed by atoms with Crippen molar-refractivity contribution in [1.29, 1.82) is 0 Å². The average Bonchev–Trinajstić information content (AvgIpc) is 2.61. The predicted molar refractivity (Wildman–Crippen MR) is 107 cm³/mol. The van der Waals surface area contributed by atoms with Crippen molar-refractivity contribution in [2.24, 2.45) is 5.92 Å². The third-order valence-electron chi connectivity index (χ3n) is 5.92. The van der Waals surface area contributed by atoms with Gasteiger partial charge in [-0.2, -0.15) is 0 Å². The summed E-state index contributed by atoms with van der Waals surface area (Å²) in [6.07, 6.45) is 2.74. The molecule has 1 aromatic carbocycles. The first-order chi connectivity index (χ1) is 12.0. The molecule has 0 radical (unpaired) electrons. The van der Waals surface area contributed by atoms with Crippen LogP contribution in [0.3, 0.4) is 0 Å². The summed E-state index contributed by atoms with van der Waals surface area (Å²) in [6, 6.07) is 10.3. The maximum atomic E-state index is 3.54. The van der Waals surface area contributed by atoms with Crippen LogP contribution >= 0.6 is 0 Å². The highest BCUT2D eigenvalue weighted by Gasteiger charge is 2.29. The van der Waals surface area contributed by atoms with Crippen molar-refractivity contribution in [3.05, 3.63) is 29.8 Å². The molecular weight excluding hydrogens is 308 g/mol. The molecule has 0 amide bonds. The molecule has 2 aliphatic rings. The monoisotopic (exact) mass is 344 g/mol.